The van der Waals surface area contributed by atoms with Crippen LogP contribution in [0.25, 0.3) is 0 Å². The molecule has 0 bridgehead atoms. The number of allylic oxidation sites excluding steroid dienone is 8. The molecule has 0 aliphatic rings. The van der Waals surface area contributed by atoms with Crippen LogP contribution in [0, 0.1) is 0 Å². The molecular weight excluding hydrogens is 1290 g/mol. The third kappa shape index (κ3) is 53.8. The monoisotopic (exact) mass is 1420 g/mol. The first-order valence-electron chi connectivity index (χ1n) is 38.1. The SMILES string of the molecule is CCCCCCCCCCC/C=C/CCCOC(=O)c1ccc(S(=O)(=O)[O-])cc1C(=O)OCCC/C=C/CCCCCCCCCCC.CCCCCCCCCCC/C=C/CCCOC(=O)c1ccc(S(=O)(=O)[O-])cc1C(=O)OCCC/C=C/CCCCCCCCCCC.[Ca+2]. The second-order valence-electron chi connectivity index (χ2n) is 25.8. The summed E-state index contributed by atoms with van der Waals surface area (Å²) in [6.07, 6.45) is 73.5. The molecule has 0 saturated heterocycles. The van der Waals surface area contributed by atoms with Crippen LogP contribution < -0.4 is 0 Å². The number of carbonyl (C=O) groups excluding carboxylic acids is 4. The average molecular weight is 1420 g/mol. The van der Waals surface area contributed by atoms with Gasteiger partial charge in [-0.15, -0.1) is 0 Å². The molecule has 0 amide bonds. The van der Waals surface area contributed by atoms with Gasteiger partial charge in [0.1, 0.15) is 20.2 Å². The number of hydrogen-bond acceptors (Lipinski definition) is 14. The van der Waals surface area contributed by atoms with E-state index in [0.717, 1.165) is 87.8 Å². The summed E-state index contributed by atoms with van der Waals surface area (Å²) in [7, 11) is -9.64. The number of hydrogen-bond donors (Lipinski definition) is 0. The van der Waals surface area contributed by atoms with Gasteiger partial charge in [0, 0.05) is 0 Å². The molecule has 0 N–H and O–H groups in total. The molecule has 0 saturated carbocycles. The third-order valence-electron chi connectivity index (χ3n) is 17.0. The molecule has 2 aromatic carbocycles. The molecule has 0 fully saturated rings. The van der Waals surface area contributed by atoms with Crippen molar-refractivity contribution in [1.29, 1.82) is 0 Å². The molecule has 14 nitrogen and oxygen atoms in total. The van der Waals surface area contributed by atoms with Crippen LogP contribution in [-0.2, 0) is 39.2 Å². The molecule has 0 aliphatic heterocycles. The topological polar surface area (TPSA) is 220 Å². The maximum atomic E-state index is 12.8. The molecule has 2 rings (SSSR count). The van der Waals surface area contributed by atoms with Crippen LogP contribution >= 0.6 is 0 Å². The maximum Gasteiger partial charge on any atom is 2.00 e. The molecule has 0 atom stereocenters. The smallest absolute Gasteiger partial charge is 0.744 e. The summed E-state index contributed by atoms with van der Waals surface area (Å²) >= 11 is 0. The first kappa shape index (κ1) is 93.4. The van der Waals surface area contributed by atoms with E-state index in [0.29, 0.717) is 25.7 Å². The van der Waals surface area contributed by atoms with E-state index in [1.165, 1.54) is 231 Å². The van der Waals surface area contributed by atoms with E-state index in [-0.39, 0.29) is 86.4 Å². The second kappa shape index (κ2) is 65.7. The minimum Gasteiger partial charge on any atom is -0.744 e. The summed E-state index contributed by atoms with van der Waals surface area (Å²) in [6, 6.07) is 6.13. The molecule has 17 heteroatoms. The Balaban J connectivity index is 0.00000188. The van der Waals surface area contributed by atoms with Gasteiger partial charge in [0.05, 0.1) is 58.5 Å². The van der Waals surface area contributed by atoms with Gasteiger partial charge in [-0.25, -0.2) is 36.0 Å². The number of rotatable bonds is 62. The van der Waals surface area contributed by atoms with Gasteiger partial charge in [-0.3, -0.25) is 0 Å². The van der Waals surface area contributed by atoms with Gasteiger partial charge < -0.3 is 28.1 Å². The number of esters is 4. The predicted molar refractivity (Wildman–Crippen MR) is 397 cm³/mol. The van der Waals surface area contributed by atoms with Crippen molar-refractivity contribution < 1.29 is 64.1 Å². The van der Waals surface area contributed by atoms with Crippen LogP contribution in [0.3, 0.4) is 0 Å². The van der Waals surface area contributed by atoms with Crippen molar-refractivity contribution >= 4 is 81.9 Å². The zero-order valence-corrected chi connectivity index (χ0v) is 64.9. The van der Waals surface area contributed by atoms with Gasteiger partial charge in [0.2, 0.25) is 0 Å². The fourth-order valence-electron chi connectivity index (χ4n) is 11.1. The molecule has 2 aromatic rings. The fraction of sp³-hybridized carbons (Fsp3) is 0.700. The van der Waals surface area contributed by atoms with Gasteiger partial charge >= 0.3 is 61.6 Å². The van der Waals surface area contributed by atoms with Crippen LogP contribution in [0.2, 0.25) is 0 Å². The number of benzene rings is 2. The first-order chi connectivity index (χ1) is 46.6. The Morgan fingerprint density at radius 1 is 0.278 bits per heavy atom. The molecule has 0 unspecified atom stereocenters. The van der Waals surface area contributed by atoms with Crippen LogP contribution in [0.1, 0.15) is 377 Å². The summed E-state index contributed by atoms with van der Waals surface area (Å²) in [5.74, 6) is -3.22. The quantitative estimate of drug-likeness (QED) is 0.0150. The summed E-state index contributed by atoms with van der Waals surface area (Å²) in [5.41, 5.74) is -0.791. The van der Waals surface area contributed by atoms with Crippen molar-refractivity contribution in [2.24, 2.45) is 0 Å². The molecule has 97 heavy (non-hydrogen) atoms. The van der Waals surface area contributed by atoms with Gasteiger partial charge in [-0.1, -0.05) is 282 Å². The Morgan fingerprint density at radius 3 is 0.649 bits per heavy atom. The Morgan fingerprint density at radius 2 is 0.454 bits per heavy atom. The molecular formula is C80H130CaO14S2. The van der Waals surface area contributed by atoms with Gasteiger partial charge in [-0.2, -0.15) is 0 Å². The largest absolute Gasteiger partial charge is 2.00 e. The summed E-state index contributed by atoms with van der Waals surface area (Å²) < 4.78 is 90.9. The van der Waals surface area contributed by atoms with E-state index in [9.17, 15) is 45.1 Å². The normalized spacial score (nSPS) is 11.8. The minimum atomic E-state index is -4.82. The Bertz CT molecular complexity index is 2470. The van der Waals surface area contributed by atoms with Gasteiger partial charge in [0.15, 0.2) is 0 Å². The van der Waals surface area contributed by atoms with Crippen molar-refractivity contribution in [2.45, 2.75) is 346 Å². The zero-order valence-electron chi connectivity index (χ0n) is 61.1. The van der Waals surface area contributed by atoms with Crippen LogP contribution in [-0.4, -0.2) is 114 Å². The standard InChI is InChI=1S/2C40H66O7S.Ca/c2*1-3-5-7-9-11-13-15-17-19-21-23-25-27-29-33-46-39(41)37-32-31-36(48(43,44)45)35-38(37)40(42)47-34-30-28-26-24-22-20-18-16-14-12-10-8-6-4-2;/h2*23-26,31-32,35H,3-22,27-30,33-34H2,1-2H3,(H,43,44,45);/q;;+2/p-2/b2*25-23+,26-24+;. The van der Waals surface area contributed by atoms with Crippen LogP contribution in [0.4, 0.5) is 0 Å². The molecule has 548 valence electrons. The maximum absolute atomic E-state index is 12.8. The van der Waals surface area contributed by atoms with E-state index in [1.807, 2.05) is 0 Å². The summed E-state index contributed by atoms with van der Waals surface area (Å²) in [5, 5.41) is 0. The Labute approximate surface area is 620 Å². The van der Waals surface area contributed by atoms with Crippen molar-refractivity contribution in [3.63, 3.8) is 0 Å². The van der Waals surface area contributed by atoms with E-state index in [2.05, 4.69) is 76.3 Å². The molecule has 0 spiro atoms. The van der Waals surface area contributed by atoms with Crippen molar-refractivity contribution in [1.82, 2.24) is 0 Å². The van der Waals surface area contributed by atoms with E-state index in [4.69, 9.17) is 18.9 Å². The molecule has 0 aromatic heterocycles. The van der Waals surface area contributed by atoms with Crippen LogP contribution in [0.5, 0.6) is 0 Å². The number of ether oxygens (including phenoxy) is 4. The summed E-state index contributed by atoms with van der Waals surface area (Å²) in [6.45, 7) is 9.48. The van der Waals surface area contributed by atoms with Crippen molar-refractivity contribution in [3.05, 3.63) is 107 Å². The second-order valence-corrected chi connectivity index (χ2v) is 28.5. The van der Waals surface area contributed by atoms with Crippen molar-refractivity contribution in [3.8, 4) is 0 Å². The minimum absolute atomic E-state index is 0. The molecule has 0 radical (unpaired) electrons. The van der Waals surface area contributed by atoms with Crippen LogP contribution in [0.15, 0.2) is 94.8 Å². The number of unbranched alkanes of at least 4 members (excludes halogenated alkanes) is 40. The first-order valence-corrected chi connectivity index (χ1v) is 40.9. The zero-order chi connectivity index (χ0) is 70.3. The fourth-order valence-corrected chi connectivity index (χ4v) is 12.1. The Kier molecular flexibility index (Phi) is 63.2. The molecule has 0 heterocycles. The van der Waals surface area contributed by atoms with E-state index in [1.54, 1.807) is 0 Å². The van der Waals surface area contributed by atoms with E-state index < -0.39 is 53.9 Å². The van der Waals surface area contributed by atoms with E-state index >= 15 is 0 Å². The van der Waals surface area contributed by atoms with Gasteiger partial charge in [-0.05, 0) is 139 Å². The van der Waals surface area contributed by atoms with Crippen molar-refractivity contribution in [2.75, 3.05) is 26.4 Å². The molecule has 0 aliphatic carbocycles. The Hall–Kier alpha value is -3.64. The predicted octanol–water partition coefficient (Wildman–Crippen LogP) is 22.5. The average Bonchev–Trinajstić information content (AvgIpc) is 0.828. The summed E-state index contributed by atoms with van der Waals surface area (Å²) in [4.78, 5) is 50.1. The van der Waals surface area contributed by atoms with Gasteiger partial charge in [0.25, 0.3) is 0 Å². The third-order valence-corrected chi connectivity index (χ3v) is 18.7. The number of carbonyl (C=O) groups is 4.